The molecule has 1 saturated heterocycles. The van der Waals surface area contributed by atoms with Crippen LogP contribution in [0.15, 0.2) is 0 Å². The van der Waals surface area contributed by atoms with E-state index in [1.54, 1.807) is 11.8 Å². The molecule has 1 aliphatic heterocycles. The minimum Gasteiger partial charge on any atom is -0.396 e. The van der Waals surface area contributed by atoms with Crippen LogP contribution >= 0.6 is 11.8 Å². The Morgan fingerprint density at radius 3 is 2.93 bits per heavy atom. The van der Waals surface area contributed by atoms with Crippen molar-refractivity contribution >= 4 is 17.7 Å². The minimum atomic E-state index is -0.0617. The number of carbonyl (C=O) groups excluding carboxylic acids is 1. The summed E-state index contributed by atoms with van der Waals surface area (Å²) in [5, 5.41) is 14.9. The third-order valence-electron chi connectivity index (χ3n) is 2.54. The first-order valence-corrected chi connectivity index (χ1v) is 6.03. The lowest BCUT2D eigenvalue weighted by atomic mass is 10.0. The van der Waals surface area contributed by atoms with Crippen LogP contribution < -0.4 is 10.6 Å². The zero-order valence-electron chi connectivity index (χ0n) is 8.62. The molecular formula is C9H18N2O2S. The van der Waals surface area contributed by atoms with Crippen molar-refractivity contribution in [3.8, 4) is 0 Å². The van der Waals surface area contributed by atoms with Crippen molar-refractivity contribution in [3.05, 3.63) is 0 Å². The Hall–Kier alpha value is -0.260. The smallest absolute Gasteiger partial charge is 0.238 e. The third-order valence-corrected chi connectivity index (χ3v) is 3.48. The van der Waals surface area contributed by atoms with Gasteiger partial charge in [0.2, 0.25) is 5.91 Å². The van der Waals surface area contributed by atoms with Gasteiger partial charge in [0.25, 0.3) is 0 Å². The van der Waals surface area contributed by atoms with E-state index in [-0.39, 0.29) is 30.5 Å². The molecule has 3 N–H and O–H groups in total. The van der Waals surface area contributed by atoms with Crippen LogP contribution in [0.3, 0.4) is 0 Å². The number of carbonyl (C=O) groups is 1. The first kappa shape index (κ1) is 11.8. The molecule has 3 unspecified atom stereocenters. The largest absolute Gasteiger partial charge is 0.396 e. The monoisotopic (exact) mass is 218 g/mol. The summed E-state index contributed by atoms with van der Waals surface area (Å²) in [4.78, 5) is 11.6. The molecule has 0 bridgehead atoms. The van der Waals surface area contributed by atoms with Crippen LogP contribution in [0.5, 0.6) is 0 Å². The van der Waals surface area contributed by atoms with E-state index in [2.05, 4.69) is 10.6 Å². The molecule has 5 heteroatoms. The molecule has 82 valence electrons. The van der Waals surface area contributed by atoms with Crippen LogP contribution in [0.2, 0.25) is 0 Å². The molecule has 4 nitrogen and oxygen atoms in total. The fourth-order valence-corrected chi connectivity index (χ4v) is 2.13. The quantitative estimate of drug-likeness (QED) is 0.610. The summed E-state index contributed by atoms with van der Waals surface area (Å²) in [5.74, 6) is 1.84. The third kappa shape index (κ3) is 3.15. The van der Waals surface area contributed by atoms with E-state index in [0.717, 1.165) is 11.6 Å². The number of hydrogen-bond donors (Lipinski definition) is 3. The second-order valence-electron chi connectivity index (χ2n) is 3.73. The summed E-state index contributed by atoms with van der Waals surface area (Å²) in [6.07, 6.45) is 0. The van der Waals surface area contributed by atoms with E-state index in [4.69, 9.17) is 5.11 Å². The molecule has 0 aromatic rings. The Bertz CT molecular complexity index is 195. The molecule has 1 aliphatic rings. The Morgan fingerprint density at radius 1 is 1.71 bits per heavy atom. The van der Waals surface area contributed by atoms with Crippen molar-refractivity contribution in [2.75, 3.05) is 18.2 Å². The summed E-state index contributed by atoms with van der Waals surface area (Å²) >= 11 is 1.73. The van der Waals surface area contributed by atoms with Crippen molar-refractivity contribution in [1.29, 1.82) is 0 Å². The van der Waals surface area contributed by atoms with E-state index in [1.165, 1.54) is 0 Å². The van der Waals surface area contributed by atoms with Crippen LogP contribution in [-0.4, -0.2) is 41.3 Å². The summed E-state index contributed by atoms with van der Waals surface area (Å²) in [7, 11) is 0. The number of nitrogens with one attached hydrogen (secondary N) is 2. The van der Waals surface area contributed by atoms with Crippen LogP contribution in [0.1, 0.15) is 13.8 Å². The lowest BCUT2D eigenvalue weighted by molar-refractivity contribution is -0.123. The Labute approximate surface area is 88.8 Å². The fraction of sp³-hybridized carbons (Fsp3) is 0.889. The highest BCUT2D eigenvalue weighted by Crippen LogP contribution is 2.10. The summed E-state index contributed by atoms with van der Waals surface area (Å²) in [6, 6.07) is -0.0340. The van der Waals surface area contributed by atoms with Gasteiger partial charge in [0.1, 0.15) is 0 Å². The summed E-state index contributed by atoms with van der Waals surface area (Å²) < 4.78 is 0. The van der Waals surface area contributed by atoms with Crippen molar-refractivity contribution in [1.82, 2.24) is 10.6 Å². The molecule has 1 heterocycles. The number of rotatable bonds is 4. The molecule has 0 radical (unpaired) electrons. The van der Waals surface area contributed by atoms with Gasteiger partial charge < -0.3 is 10.4 Å². The molecule has 1 fully saturated rings. The number of amides is 1. The van der Waals surface area contributed by atoms with Gasteiger partial charge in [0.15, 0.2) is 0 Å². The molecule has 0 aliphatic carbocycles. The SMILES string of the molecule is CC(CO)C(C)NC(=O)C1CSCN1. The van der Waals surface area contributed by atoms with Gasteiger partial charge in [-0.25, -0.2) is 0 Å². The standard InChI is InChI=1S/C9H18N2O2S/c1-6(3-12)7(2)11-9(13)8-4-14-5-10-8/h6-8,10,12H,3-5H2,1-2H3,(H,11,13). The van der Waals surface area contributed by atoms with E-state index < -0.39 is 0 Å². The molecular weight excluding hydrogens is 200 g/mol. The Kier molecular flexibility index (Phi) is 4.71. The highest BCUT2D eigenvalue weighted by Gasteiger charge is 2.24. The number of aliphatic hydroxyl groups excluding tert-OH is 1. The normalized spacial score (nSPS) is 25.8. The molecule has 1 amide bonds. The number of aliphatic hydroxyl groups is 1. The van der Waals surface area contributed by atoms with E-state index >= 15 is 0 Å². The maximum atomic E-state index is 11.6. The maximum absolute atomic E-state index is 11.6. The van der Waals surface area contributed by atoms with Gasteiger partial charge in [-0.05, 0) is 12.8 Å². The molecule has 3 atom stereocenters. The minimum absolute atomic E-state index is 0.0277. The van der Waals surface area contributed by atoms with Gasteiger partial charge in [-0.3, -0.25) is 10.1 Å². The van der Waals surface area contributed by atoms with Crippen LogP contribution in [-0.2, 0) is 4.79 Å². The van der Waals surface area contributed by atoms with Crippen LogP contribution in [0, 0.1) is 5.92 Å². The second-order valence-corrected chi connectivity index (χ2v) is 4.76. The van der Waals surface area contributed by atoms with Crippen molar-refractivity contribution in [2.45, 2.75) is 25.9 Å². The molecule has 0 spiro atoms. The predicted octanol–water partition coefficient (Wildman–Crippen LogP) is -0.218. The first-order chi connectivity index (χ1) is 6.65. The van der Waals surface area contributed by atoms with Crippen molar-refractivity contribution in [2.24, 2.45) is 5.92 Å². The average Bonchev–Trinajstić information content (AvgIpc) is 2.69. The van der Waals surface area contributed by atoms with Crippen LogP contribution in [0.25, 0.3) is 0 Å². The zero-order chi connectivity index (χ0) is 10.6. The second kappa shape index (κ2) is 5.58. The van der Waals surface area contributed by atoms with Gasteiger partial charge in [-0.2, -0.15) is 0 Å². The average molecular weight is 218 g/mol. The van der Waals surface area contributed by atoms with Gasteiger partial charge in [-0.15, -0.1) is 11.8 Å². The molecule has 1 rings (SSSR count). The zero-order valence-corrected chi connectivity index (χ0v) is 9.43. The molecule has 0 saturated carbocycles. The first-order valence-electron chi connectivity index (χ1n) is 4.87. The van der Waals surface area contributed by atoms with Crippen molar-refractivity contribution in [3.63, 3.8) is 0 Å². The van der Waals surface area contributed by atoms with Gasteiger partial charge in [0.05, 0.1) is 6.04 Å². The van der Waals surface area contributed by atoms with E-state index in [9.17, 15) is 4.79 Å². The van der Waals surface area contributed by atoms with Crippen LogP contribution in [0.4, 0.5) is 0 Å². The van der Waals surface area contributed by atoms with Gasteiger partial charge in [-0.1, -0.05) is 6.92 Å². The van der Waals surface area contributed by atoms with E-state index in [1.807, 2.05) is 13.8 Å². The summed E-state index contributed by atoms with van der Waals surface area (Å²) in [6.45, 7) is 3.94. The Balaban J connectivity index is 2.31. The molecule has 0 aromatic carbocycles. The van der Waals surface area contributed by atoms with Crippen molar-refractivity contribution < 1.29 is 9.90 Å². The Morgan fingerprint density at radius 2 is 2.43 bits per heavy atom. The highest BCUT2D eigenvalue weighted by atomic mass is 32.2. The van der Waals surface area contributed by atoms with Gasteiger partial charge in [0, 0.05) is 24.3 Å². The number of hydrogen-bond acceptors (Lipinski definition) is 4. The lowest BCUT2D eigenvalue weighted by Gasteiger charge is -2.21. The van der Waals surface area contributed by atoms with Gasteiger partial charge >= 0.3 is 0 Å². The molecule has 0 aromatic heterocycles. The maximum Gasteiger partial charge on any atom is 0.238 e. The highest BCUT2D eigenvalue weighted by molar-refractivity contribution is 7.99. The van der Waals surface area contributed by atoms with E-state index in [0.29, 0.717) is 0 Å². The molecule has 14 heavy (non-hydrogen) atoms. The fourth-order valence-electron chi connectivity index (χ4n) is 1.19. The number of thioether (sulfide) groups is 1. The predicted molar refractivity (Wildman–Crippen MR) is 58.1 cm³/mol. The topological polar surface area (TPSA) is 61.4 Å². The summed E-state index contributed by atoms with van der Waals surface area (Å²) in [5.41, 5.74) is 0. The lowest BCUT2D eigenvalue weighted by Crippen LogP contribution is -2.47.